The number of rotatable bonds is 5. The molecule has 0 radical (unpaired) electrons. The Morgan fingerprint density at radius 3 is 2.68 bits per heavy atom. The maximum Gasteiger partial charge on any atom is 0.276 e. The van der Waals surface area contributed by atoms with Gasteiger partial charge in [0.15, 0.2) is 5.69 Å². The molecule has 7 heteroatoms. The van der Waals surface area contributed by atoms with E-state index in [1.165, 1.54) is 0 Å². The van der Waals surface area contributed by atoms with Crippen LogP contribution in [-0.4, -0.2) is 21.1 Å². The Kier molecular flexibility index (Phi) is 5.35. The van der Waals surface area contributed by atoms with Crippen LogP contribution in [0.25, 0.3) is 0 Å². The highest BCUT2D eigenvalue weighted by Crippen LogP contribution is 2.20. The Bertz CT molecular complexity index is 868. The minimum Gasteiger partial charge on any atom is -0.363 e. The van der Waals surface area contributed by atoms with Gasteiger partial charge >= 0.3 is 0 Å². The summed E-state index contributed by atoms with van der Waals surface area (Å²) in [6.07, 6.45) is 1.74. The fraction of sp³-hybridized carbons (Fsp3) is 0.111. The molecule has 2 aromatic heterocycles. The quantitative estimate of drug-likeness (QED) is 0.684. The number of hydrogen-bond acceptors (Lipinski definition) is 5. The van der Waals surface area contributed by atoms with Crippen LogP contribution in [0.4, 0.5) is 11.5 Å². The highest BCUT2D eigenvalue weighted by Gasteiger charge is 2.09. The van der Waals surface area contributed by atoms with Crippen molar-refractivity contribution in [3.05, 3.63) is 76.2 Å². The lowest BCUT2D eigenvalue weighted by Crippen LogP contribution is -2.15. The second kappa shape index (κ2) is 7.85. The predicted octanol–water partition coefficient (Wildman–Crippen LogP) is 3.81. The molecule has 1 amide bonds. The van der Waals surface area contributed by atoms with Crippen molar-refractivity contribution in [3.63, 3.8) is 0 Å². The average molecular weight is 398 g/mol. The third-order valence-corrected chi connectivity index (χ3v) is 4.38. The average Bonchev–Trinajstić information content (AvgIpc) is 2.64. The maximum absolute atomic E-state index is 12.2. The molecule has 0 bridgehead atoms. The molecule has 0 saturated heterocycles. The number of pyridine rings is 1. The molecular formula is C18H16BrN5O. The molecule has 0 spiro atoms. The third kappa shape index (κ3) is 4.60. The second-order valence-corrected chi connectivity index (χ2v) is 6.25. The first kappa shape index (κ1) is 17.0. The number of carbonyl (C=O) groups is 1. The number of aryl methyl sites for hydroxylation is 1. The first-order valence-corrected chi connectivity index (χ1v) is 8.46. The molecule has 0 saturated carbocycles. The topological polar surface area (TPSA) is 79.8 Å². The van der Waals surface area contributed by atoms with Crippen molar-refractivity contribution in [2.45, 2.75) is 13.5 Å². The molecule has 3 rings (SSSR count). The molecule has 1 aromatic carbocycles. The van der Waals surface area contributed by atoms with E-state index < -0.39 is 0 Å². The van der Waals surface area contributed by atoms with Crippen LogP contribution in [0, 0.1) is 6.92 Å². The molecule has 2 N–H and O–H groups in total. The van der Waals surface area contributed by atoms with Crippen molar-refractivity contribution in [1.82, 2.24) is 15.2 Å². The van der Waals surface area contributed by atoms with Crippen LogP contribution in [0.3, 0.4) is 0 Å². The lowest BCUT2D eigenvalue weighted by atomic mass is 10.2. The van der Waals surface area contributed by atoms with E-state index in [4.69, 9.17) is 0 Å². The monoisotopic (exact) mass is 397 g/mol. The Hall–Kier alpha value is -2.80. The minimum atomic E-state index is -0.300. The van der Waals surface area contributed by atoms with Gasteiger partial charge < -0.3 is 10.6 Å². The van der Waals surface area contributed by atoms with Crippen molar-refractivity contribution in [2.75, 3.05) is 10.6 Å². The van der Waals surface area contributed by atoms with Gasteiger partial charge in [0, 0.05) is 16.4 Å². The zero-order valence-corrected chi connectivity index (χ0v) is 15.1. The van der Waals surface area contributed by atoms with E-state index in [-0.39, 0.29) is 11.6 Å². The zero-order valence-electron chi connectivity index (χ0n) is 13.5. The Morgan fingerprint density at radius 1 is 1.12 bits per heavy atom. The summed E-state index contributed by atoms with van der Waals surface area (Å²) in [6.45, 7) is 2.50. The van der Waals surface area contributed by atoms with Crippen LogP contribution < -0.4 is 10.6 Å². The first-order valence-electron chi connectivity index (χ1n) is 7.67. The Balaban J connectivity index is 1.61. The molecule has 25 heavy (non-hydrogen) atoms. The second-order valence-electron chi connectivity index (χ2n) is 5.40. The highest BCUT2D eigenvalue weighted by atomic mass is 79.9. The van der Waals surface area contributed by atoms with Gasteiger partial charge in [0.25, 0.3) is 5.91 Å². The molecule has 126 valence electrons. The van der Waals surface area contributed by atoms with Crippen molar-refractivity contribution < 1.29 is 4.79 Å². The molecule has 0 aliphatic carbocycles. The lowest BCUT2D eigenvalue weighted by molar-refractivity contribution is 0.102. The van der Waals surface area contributed by atoms with Gasteiger partial charge in [-0.3, -0.25) is 9.78 Å². The van der Waals surface area contributed by atoms with Gasteiger partial charge in [0.1, 0.15) is 5.82 Å². The summed E-state index contributed by atoms with van der Waals surface area (Å²) in [5.74, 6) is 0.284. The fourth-order valence-electron chi connectivity index (χ4n) is 2.15. The molecule has 6 nitrogen and oxygen atoms in total. The number of aromatic nitrogens is 3. The third-order valence-electron chi connectivity index (χ3n) is 3.49. The van der Waals surface area contributed by atoms with Gasteiger partial charge in [-0.25, -0.2) is 0 Å². The molecule has 3 aromatic rings. The van der Waals surface area contributed by atoms with Crippen molar-refractivity contribution in [3.8, 4) is 0 Å². The number of benzene rings is 1. The number of hydrogen-bond donors (Lipinski definition) is 2. The van der Waals surface area contributed by atoms with Crippen molar-refractivity contribution in [1.29, 1.82) is 0 Å². The summed E-state index contributed by atoms with van der Waals surface area (Å²) < 4.78 is 0.994. The van der Waals surface area contributed by atoms with Gasteiger partial charge in [-0.05, 0) is 55.0 Å². The normalized spacial score (nSPS) is 10.3. The van der Waals surface area contributed by atoms with E-state index in [0.717, 1.165) is 15.7 Å². The van der Waals surface area contributed by atoms with E-state index in [0.29, 0.717) is 18.1 Å². The number of nitrogens with one attached hydrogen (secondary N) is 2. The molecular weight excluding hydrogens is 382 g/mol. The molecule has 0 fully saturated rings. The molecule has 0 aliphatic heterocycles. The molecule has 0 aliphatic rings. The van der Waals surface area contributed by atoms with Crippen molar-refractivity contribution >= 4 is 33.3 Å². The molecule has 0 atom stereocenters. The van der Waals surface area contributed by atoms with Crippen LogP contribution >= 0.6 is 15.9 Å². The zero-order chi connectivity index (χ0) is 17.6. The summed E-state index contributed by atoms with van der Waals surface area (Å²) >= 11 is 3.43. The van der Waals surface area contributed by atoms with Crippen LogP contribution in [0.2, 0.25) is 0 Å². The smallest absolute Gasteiger partial charge is 0.276 e. The Labute approximate surface area is 153 Å². The van der Waals surface area contributed by atoms with Crippen LogP contribution in [0.15, 0.2) is 59.2 Å². The summed E-state index contributed by atoms with van der Waals surface area (Å²) in [7, 11) is 0. The van der Waals surface area contributed by atoms with Gasteiger partial charge in [-0.1, -0.05) is 22.0 Å². The van der Waals surface area contributed by atoms with E-state index in [2.05, 4.69) is 41.7 Å². The minimum absolute atomic E-state index is 0.254. The summed E-state index contributed by atoms with van der Waals surface area (Å²) in [5.41, 5.74) is 2.91. The van der Waals surface area contributed by atoms with Crippen LogP contribution in [0.5, 0.6) is 0 Å². The standard InChI is InChI=1S/C18H16BrN5O/c1-12-10-13(5-6-15(12)19)22-18(25)16-7-8-17(24-23-16)21-11-14-4-2-3-9-20-14/h2-10H,11H2,1H3,(H,21,24)(H,22,25). The van der Waals surface area contributed by atoms with Crippen molar-refractivity contribution in [2.24, 2.45) is 0 Å². The van der Waals surface area contributed by atoms with Gasteiger partial charge in [0.05, 0.1) is 12.2 Å². The predicted molar refractivity (Wildman–Crippen MR) is 100 cm³/mol. The Morgan fingerprint density at radius 2 is 2.00 bits per heavy atom. The van der Waals surface area contributed by atoms with Gasteiger partial charge in [-0.15, -0.1) is 10.2 Å². The summed E-state index contributed by atoms with van der Waals surface area (Å²) in [5, 5.41) is 13.9. The first-order chi connectivity index (χ1) is 12.1. The van der Waals surface area contributed by atoms with E-state index in [1.807, 2.05) is 43.3 Å². The van der Waals surface area contributed by atoms with Gasteiger partial charge in [-0.2, -0.15) is 0 Å². The van der Waals surface area contributed by atoms with Crippen LogP contribution in [-0.2, 0) is 6.54 Å². The van der Waals surface area contributed by atoms with Crippen LogP contribution in [0.1, 0.15) is 21.7 Å². The summed E-state index contributed by atoms with van der Waals surface area (Å²) in [4.78, 5) is 16.5. The molecule has 0 unspecified atom stereocenters. The fourth-order valence-corrected chi connectivity index (χ4v) is 2.40. The number of anilines is 2. The number of nitrogens with zero attached hydrogens (tertiary/aromatic N) is 3. The van der Waals surface area contributed by atoms with E-state index in [1.54, 1.807) is 18.3 Å². The SMILES string of the molecule is Cc1cc(NC(=O)c2ccc(NCc3ccccn3)nn2)ccc1Br. The number of carbonyl (C=O) groups excluding carboxylic acids is 1. The summed E-state index contributed by atoms with van der Waals surface area (Å²) in [6, 6.07) is 14.7. The molecule has 2 heterocycles. The number of halogens is 1. The van der Waals surface area contributed by atoms with E-state index in [9.17, 15) is 4.79 Å². The van der Waals surface area contributed by atoms with Gasteiger partial charge in [0.2, 0.25) is 0 Å². The van der Waals surface area contributed by atoms with E-state index >= 15 is 0 Å². The largest absolute Gasteiger partial charge is 0.363 e. The maximum atomic E-state index is 12.2. The number of amides is 1. The lowest BCUT2D eigenvalue weighted by Gasteiger charge is -2.07. The highest BCUT2D eigenvalue weighted by molar-refractivity contribution is 9.10.